The number of carbonyl (C=O) groups is 1. The molecule has 1 aromatic carbocycles. The molecule has 0 bridgehead atoms. The van der Waals surface area contributed by atoms with E-state index in [4.69, 9.17) is 16.7 Å². The summed E-state index contributed by atoms with van der Waals surface area (Å²) in [7, 11) is 1.79. The van der Waals surface area contributed by atoms with Gasteiger partial charge in [0.05, 0.1) is 0 Å². The monoisotopic (exact) mass is 225 g/mol. The molecule has 0 atom stereocenters. The summed E-state index contributed by atoms with van der Waals surface area (Å²) < 4.78 is 0. The van der Waals surface area contributed by atoms with Crippen LogP contribution in [0.4, 0.5) is 0 Å². The molecule has 0 saturated carbocycles. The highest BCUT2D eigenvalue weighted by Crippen LogP contribution is 2.16. The maximum Gasteiger partial charge on any atom is 0.329 e. The fourth-order valence-corrected chi connectivity index (χ4v) is 1.33. The third-order valence-electron chi connectivity index (χ3n) is 1.85. The number of benzene rings is 1. The molecule has 0 fully saturated rings. The van der Waals surface area contributed by atoms with Crippen molar-refractivity contribution in [2.75, 3.05) is 7.05 Å². The number of aliphatic carboxylic acids is 1. The van der Waals surface area contributed by atoms with Crippen molar-refractivity contribution in [3.05, 3.63) is 47.1 Å². The first kappa shape index (κ1) is 11.6. The summed E-state index contributed by atoms with van der Waals surface area (Å²) in [4.78, 5) is 12.0. The second-order valence-electron chi connectivity index (χ2n) is 3.16. The second kappa shape index (κ2) is 5.41. The summed E-state index contributed by atoms with van der Waals surface area (Å²) in [5.74, 6) is -0.957. The van der Waals surface area contributed by atoms with Gasteiger partial charge in [-0.05, 0) is 11.6 Å². The van der Waals surface area contributed by atoms with Gasteiger partial charge >= 0.3 is 5.97 Å². The fraction of sp³-hybridized carbons (Fsp3) is 0.182. The Hall–Kier alpha value is -1.48. The van der Waals surface area contributed by atoms with Crippen LogP contribution in [0.15, 0.2) is 36.5 Å². The first-order valence-corrected chi connectivity index (χ1v) is 4.82. The molecule has 0 amide bonds. The van der Waals surface area contributed by atoms with Crippen LogP contribution in [0.25, 0.3) is 0 Å². The predicted octanol–water partition coefficient (Wildman–Crippen LogP) is 2.37. The molecule has 3 nitrogen and oxygen atoms in total. The molecule has 0 aliphatic heterocycles. The predicted molar refractivity (Wildman–Crippen MR) is 59.7 cm³/mol. The molecule has 0 spiro atoms. The molecule has 15 heavy (non-hydrogen) atoms. The van der Waals surface area contributed by atoms with E-state index < -0.39 is 5.97 Å². The second-order valence-corrected chi connectivity index (χ2v) is 3.57. The van der Waals surface area contributed by atoms with Gasteiger partial charge in [-0.1, -0.05) is 29.8 Å². The van der Waals surface area contributed by atoms with Crippen molar-refractivity contribution in [2.45, 2.75) is 6.54 Å². The molecule has 1 aromatic rings. The van der Waals surface area contributed by atoms with Crippen LogP contribution in [0.2, 0.25) is 5.02 Å². The minimum atomic E-state index is -0.957. The Kier molecular flexibility index (Phi) is 4.18. The molecule has 80 valence electrons. The Bertz CT molecular complexity index is 377. The zero-order chi connectivity index (χ0) is 11.3. The van der Waals surface area contributed by atoms with Crippen LogP contribution in [0.1, 0.15) is 5.56 Å². The van der Waals surface area contributed by atoms with E-state index in [-0.39, 0.29) is 0 Å². The van der Waals surface area contributed by atoms with E-state index >= 15 is 0 Å². The molecule has 0 aromatic heterocycles. The van der Waals surface area contributed by atoms with E-state index in [0.29, 0.717) is 11.6 Å². The highest BCUT2D eigenvalue weighted by atomic mass is 35.5. The zero-order valence-corrected chi connectivity index (χ0v) is 9.11. The molecule has 0 radical (unpaired) electrons. The normalized spacial score (nSPS) is 10.5. The van der Waals surface area contributed by atoms with E-state index in [0.717, 1.165) is 11.6 Å². The minimum absolute atomic E-state index is 0.587. The van der Waals surface area contributed by atoms with Gasteiger partial charge in [0.25, 0.3) is 0 Å². The highest BCUT2D eigenvalue weighted by Gasteiger charge is 2.00. The Balaban J connectivity index is 2.62. The molecular weight excluding hydrogens is 214 g/mol. The first-order chi connectivity index (χ1) is 7.09. The molecular formula is C11H12ClNO2. The lowest BCUT2D eigenvalue weighted by atomic mass is 10.2. The van der Waals surface area contributed by atoms with Crippen LogP contribution >= 0.6 is 11.6 Å². The number of nitrogens with zero attached hydrogens (tertiary/aromatic N) is 1. The molecule has 0 unspecified atom stereocenters. The van der Waals surface area contributed by atoms with Gasteiger partial charge in [0.2, 0.25) is 0 Å². The van der Waals surface area contributed by atoms with Gasteiger partial charge in [-0.2, -0.15) is 0 Å². The van der Waals surface area contributed by atoms with Crippen LogP contribution in [0, 0.1) is 0 Å². The van der Waals surface area contributed by atoms with Gasteiger partial charge in [-0.15, -0.1) is 0 Å². The molecule has 0 aliphatic carbocycles. The Morgan fingerprint density at radius 2 is 2.20 bits per heavy atom. The quantitative estimate of drug-likeness (QED) is 0.800. The third-order valence-corrected chi connectivity index (χ3v) is 2.22. The van der Waals surface area contributed by atoms with E-state index in [1.807, 2.05) is 24.3 Å². The molecule has 0 saturated heterocycles. The van der Waals surface area contributed by atoms with Crippen LogP contribution in [-0.2, 0) is 11.3 Å². The molecule has 1 N–H and O–H groups in total. The summed E-state index contributed by atoms with van der Waals surface area (Å²) in [6, 6.07) is 7.48. The van der Waals surface area contributed by atoms with Gasteiger partial charge in [-0.25, -0.2) is 4.79 Å². The van der Waals surface area contributed by atoms with Gasteiger partial charge in [0.15, 0.2) is 0 Å². The van der Waals surface area contributed by atoms with Gasteiger partial charge < -0.3 is 10.0 Å². The summed E-state index contributed by atoms with van der Waals surface area (Å²) >= 11 is 5.96. The number of hydrogen-bond acceptors (Lipinski definition) is 2. The Morgan fingerprint density at radius 3 is 2.80 bits per heavy atom. The maximum atomic E-state index is 10.3. The Labute approximate surface area is 93.6 Å². The van der Waals surface area contributed by atoms with Crippen molar-refractivity contribution in [3.63, 3.8) is 0 Å². The number of rotatable bonds is 4. The van der Waals surface area contributed by atoms with Gasteiger partial charge in [-0.3, -0.25) is 0 Å². The number of carboxylic acids is 1. The molecule has 0 aliphatic rings. The zero-order valence-electron chi connectivity index (χ0n) is 8.35. The third kappa shape index (κ3) is 4.04. The fourth-order valence-electron chi connectivity index (χ4n) is 1.14. The van der Waals surface area contributed by atoms with Crippen molar-refractivity contribution in [2.24, 2.45) is 0 Å². The smallest absolute Gasteiger partial charge is 0.329 e. The first-order valence-electron chi connectivity index (χ1n) is 4.44. The van der Waals surface area contributed by atoms with E-state index in [9.17, 15) is 4.79 Å². The largest absolute Gasteiger partial charge is 0.478 e. The van der Waals surface area contributed by atoms with Gasteiger partial charge in [0.1, 0.15) is 0 Å². The maximum absolute atomic E-state index is 10.3. The Morgan fingerprint density at radius 1 is 1.53 bits per heavy atom. The van der Waals surface area contributed by atoms with Crippen LogP contribution < -0.4 is 0 Å². The summed E-state index contributed by atoms with van der Waals surface area (Å²) in [5.41, 5.74) is 0.969. The molecule has 1 rings (SSSR count). The summed E-state index contributed by atoms with van der Waals surface area (Å²) in [6.07, 6.45) is 2.60. The van der Waals surface area contributed by atoms with E-state index in [1.165, 1.54) is 6.20 Å². The lowest BCUT2D eigenvalue weighted by Gasteiger charge is -2.14. The summed E-state index contributed by atoms with van der Waals surface area (Å²) in [5, 5.41) is 9.13. The lowest BCUT2D eigenvalue weighted by molar-refractivity contribution is -0.131. The van der Waals surface area contributed by atoms with Gasteiger partial charge in [0, 0.05) is 30.9 Å². The van der Waals surface area contributed by atoms with Crippen molar-refractivity contribution in [3.8, 4) is 0 Å². The van der Waals surface area contributed by atoms with Crippen molar-refractivity contribution in [1.82, 2.24) is 4.90 Å². The lowest BCUT2D eigenvalue weighted by Crippen LogP contribution is -2.11. The topological polar surface area (TPSA) is 40.5 Å². The molecule has 4 heteroatoms. The average molecular weight is 226 g/mol. The van der Waals surface area contributed by atoms with E-state index in [1.54, 1.807) is 11.9 Å². The number of carboxylic acid groups (broad SMARTS) is 1. The van der Waals surface area contributed by atoms with Crippen LogP contribution in [-0.4, -0.2) is 23.0 Å². The minimum Gasteiger partial charge on any atom is -0.478 e. The van der Waals surface area contributed by atoms with Crippen LogP contribution in [0.5, 0.6) is 0 Å². The standard InChI is InChI=1S/C11H12ClNO2/c1-13(7-6-11(14)15)8-9-4-2-3-5-10(9)12/h2-7H,8H2,1H3,(H,14,15). The van der Waals surface area contributed by atoms with Crippen molar-refractivity contribution in [1.29, 1.82) is 0 Å². The number of hydrogen-bond donors (Lipinski definition) is 1. The average Bonchev–Trinajstić information content (AvgIpc) is 2.18. The van der Waals surface area contributed by atoms with E-state index in [2.05, 4.69) is 0 Å². The molecule has 0 heterocycles. The SMILES string of the molecule is CN(C=CC(=O)O)Cc1ccccc1Cl. The van der Waals surface area contributed by atoms with Crippen molar-refractivity contribution >= 4 is 17.6 Å². The summed E-state index contributed by atoms with van der Waals surface area (Å²) in [6.45, 7) is 0.587. The highest BCUT2D eigenvalue weighted by molar-refractivity contribution is 6.31. The van der Waals surface area contributed by atoms with Crippen molar-refractivity contribution < 1.29 is 9.90 Å². The van der Waals surface area contributed by atoms with Crippen LogP contribution in [0.3, 0.4) is 0 Å². The number of halogens is 1.